The maximum absolute atomic E-state index is 6.07. The summed E-state index contributed by atoms with van der Waals surface area (Å²) in [5.74, 6) is 0. The summed E-state index contributed by atoms with van der Waals surface area (Å²) in [5, 5.41) is 3.28. The van der Waals surface area contributed by atoms with Crippen molar-refractivity contribution in [1.82, 2.24) is 24.8 Å². The molecule has 0 aromatic carbocycles. The lowest BCUT2D eigenvalue weighted by atomic mass is 10.1. The van der Waals surface area contributed by atoms with Gasteiger partial charge in [-0.15, -0.1) is 0 Å². The van der Waals surface area contributed by atoms with Crippen LogP contribution < -0.4 is 5.32 Å². The third kappa shape index (κ3) is 2.17. The Morgan fingerprint density at radius 2 is 2.30 bits per heavy atom. The van der Waals surface area contributed by atoms with Gasteiger partial charge in [-0.05, 0) is 14.0 Å². The van der Waals surface area contributed by atoms with E-state index < -0.39 is 0 Å². The Labute approximate surface area is 117 Å². The van der Waals surface area contributed by atoms with E-state index in [0.29, 0.717) is 6.61 Å². The number of likely N-dealkylation sites (N-methyl/N-ethyl adjacent to an activating group) is 1. The smallest absolute Gasteiger partial charge is 0.165 e. The first-order valence-corrected chi connectivity index (χ1v) is 6.70. The zero-order valence-electron chi connectivity index (χ0n) is 11.9. The number of ether oxygens (including phenoxy) is 2. The molecule has 0 spiro atoms. The van der Waals surface area contributed by atoms with E-state index in [1.165, 1.54) is 0 Å². The first-order chi connectivity index (χ1) is 9.74. The van der Waals surface area contributed by atoms with Crippen LogP contribution in [0.4, 0.5) is 0 Å². The van der Waals surface area contributed by atoms with E-state index in [1.54, 1.807) is 19.8 Å². The normalized spacial score (nSPS) is 26.4. The maximum Gasteiger partial charge on any atom is 0.165 e. The molecule has 108 valence electrons. The van der Waals surface area contributed by atoms with Crippen LogP contribution in [0.5, 0.6) is 0 Å². The number of nitrogens with zero attached hydrogens (tertiary/aromatic N) is 4. The lowest BCUT2D eigenvalue weighted by molar-refractivity contribution is -0.0343. The fraction of sp³-hybridized carbons (Fsp3) is 0.615. The molecule has 1 fully saturated rings. The van der Waals surface area contributed by atoms with Gasteiger partial charge >= 0.3 is 0 Å². The average molecular weight is 277 g/mol. The summed E-state index contributed by atoms with van der Waals surface area (Å²) in [6, 6.07) is 0.264. The molecule has 0 bridgehead atoms. The van der Waals surface area contributed by atoms with E-state index in [9.17, 15) is 0 Å². The van der Waals surface area contributed by atoms with E-state index in [-0.39, 0.29) is 18.4 Å². The Hall–Kier alpha value is -1.57. The van der Waals surface area contributed by atoms with E-state index in [1.807, 2.05) is 18.5 Å². The zero-order chi connectivity index (χ0) is 14.1. The number of imidazole rings is 1. The summed E-state index contributed by atoms with van der Waals surface area (Å²) in [6.07, 6.45) is 4.16. The van der Waals surface area contributed by atoms with Gasteiger partial charge in [-0.3, -0.25) is 4.57 Å². The highest BCUT2D eigenvalue weighted by atomic mass is 16.5. The van der Waals surface area contributed by atoms with Gasteiger partial charge in [-0.25, -0.2) is 15.0 Å². The van der Waals surface area contributed by atoms with Crippen LogP contribution in [0.2, 0.25) is 0 Å². The second-order valence-corrected chi connectivity index (χ2v) is 5.00. The second-order valence-electron chi connectivity index (χ2n) is 5.00. The van der Waals surface area contributed by atoms with Crippen molar-refractivity contribution in [1.29, 1.82) is 0 Å². The first-order valence-electron chi connectivity index (χ1n) is 6.70. The number of methoxy groups -OCH3 is 1. The summed E-state index contributed by atoms with van der Waals surface area (Å²) in [5.41, 5.74) is 2.52. The molecule has 0 amide bonds. The van der Waals surface area contributed by atoms with Crippen LogP contribution >= 0.6 is 0 Å². The third-order valence-electron chi connectivity index (χ3n) is 3.79. The molecule has 1 aliphatic heterocycles. The molecule has 3 atom stereocenters. The van der Waals surface area contributed by atoms with Crippen LogP contribution in [-0.4, -0.2) is 52.4 Å². The molecule has 0 unspecified atom stereocenters. The molecule has 1 N–H and O–H groups in total. The second kappa shape index (κ2) is 5.43. The van der Waals surface area contributed by atoms with Crippen molar-refractivity contribution in [3.63, 3.8) is 0 Å². The number of aromatic nitrogens is 4. The molecule has 7 nitrogen and oxygen atoms in total. The number of rotatable bonds is 4. The van der Waals surface area contributed by atoms with Crippen molar-refractivity contribution >= 4 is 11.2 Å². The van der Waals surface area contributed by atoms with E-state index in [4.69, 9.17) is 9.47 Å². The Balaban J connectivity index is 1.90. The molecule has 0 aliphatic carbocycles. The van der Waals surface area contributed by atoms with Crippen LogP contribution in [0.25, 0.3) is 11.2 Å². The predicted molar refractivity (Wildman–Crippen MR) is 73.3 cm³/mol. The average Bonchev–Trinajstić information content (AvgIpc) is 3.03. The maximum atomic E-state index is 6.07. The van der Waals surface area contributed by atoms with Crippen LogP contribution in [0.1, 0.15) is 18.3 Å². The fourth-order valence-electron chi connectivity index (χ4n) is 2.70. The number of nitrogens with one attached hydrogen (secondary N) is 1. The summed E-state index contributed by atoms with van der Waals surface area (Å²) < 4.78 is 13.3. The van der Waals surface area contributed by atoms with Crippen LogP contribution in [-0.2, 0) is 9.47 Å². The van der Waals surface area contributed by atoms with E-state index in [0.717, 1.165) is 23.3 Å². The summed E-state index contributed by atoms with van der Waals surface area (Å²) in [4.78, 5) is 12.9. The van der Waals surface area contributed by atoms with Crippen molar-refractivity contribution < 1.29 is 9.47 Å². The summed E-state index contributed by atoms with van der Waals surface area (Å²) >= 11 is 0. The van der Waals surface area contributed by atoms with Gasteiger partial charge in [0.1, 0.15) is 18.1 Å². The van der Waals surface area contributed by atoms with Crippen molar-refractivity contribution in [3.05, 3.63) is 18.3 Å². The van der Waals surface area contributed by atoms with Crippen molar-refractivity contribution in [2.24, 2.45) is 0 Å². The van der Waals surface area contributed by atoms with E-state index >= 15 is 0 Å². The summed E-state index contributed by atoms with van der Waals surface area (Å²) in [6.45, 7) is 2.50. The van der Waals surface area contributed by atoms with Gasteiger partial charge in [0.25, 0.3) is 0 Å². The van der Waals surface area contributed by atoms with Gasteiger partial charge in [0, 0.05) is 19.6 Å². The van der Waals surface area contributed by atoms with E-state index in [2.05, 4.69) is 20.3 Å². The van der Waals surface area contributed by atoms with Gasteiger partial charge in [-0.2, -0.15) is 0 Å². The number of hydrogen-bond acceptors (Lipinski definition) is 6. The third-order valence-corrected chi connectivity index (χ3v) is 3.79. The molecule has 0 saturated carbocycles. The molecule has 3 heterocycles. The molecule has 1 aliphatic rings. The number of hydrogen-bond donors (Lipinski definition) is 1. The molecule has 2 aromatic heterocycles. The number of fused-ring (bicyclic) bond motifs is 1. The minimum Gasteiger partial charge on any atom is -0.382 e. The van der Waals surface area contributed by atoms with Gasteiger partial charge in [0.15, 0.2) is 5.65 Å². The minimum absolute atomic E-state index is 0.0374. The topological polar surface area (TPSA) is 74.1 Å². The lowest BCUT2D eigenvalue weighted by Gasteiger charge is -2.16. The van der Waals surface area contributed by atoms with Gasteiger partial charge in [0.2, 0.25) is 0 Å². The van der Waals surface area contributed by atoms with Crippen molar-refractivity contribution in [2.45, 2.75) is 31.7 Å². The molecular weight excluding hydrogens is 258 g/mol. The highest BCUT2D eigenvalue weighted by Gasteiger charge is 2.35. The van der Waals surface area contributed by atoms with Crippen molar-refractivity contribution in [2.75, 3.05) is 20.8 Å². The Morgan fingerprint density at radius 1 is 1.45 bits per heavy atom. The Kier molecular flexibility index (Phi) is 3.64. The van der Waals surface area contributed by atoms with Gasteiger partial charge in [0.05, 0.1) is 24.7 Å². The molecule has 3 rings (SSSR count). The fourth-order valence-corrected chi connectivity index (χ4v) is 2.70. The standard InChI is InChI=1S/C13H19N5O2/c1-8-12-13(16-6-15-8)18(7-17-12)11-4-9(14-2)10(20-11)5-19-3/h6-7,9-11,14H,4-5H2,1-3H3/t9-,10+,11+/m0/s1. The van der Waals surface area contributed by atoms with Crippen LogP contribution in [0.3, 0.4) is 0 Å². The molecule has 0 radical (unpaired) electrons. The Morgan fingerprint density at radius 3 is 3.05 bits per heavy atom. The Bertz CT molecular complexity index is 599. The van der Waals surface area contributed by atoms with Crippen LogP contribution in [0.15, 0.2) is 12.7 Å². The van der Waals surface area contributed by atoms with Gasteiger partial charge < -0.3 is 14.8 Å². The molecule has 20 heavy (non-hydrogen) atoms. The monoisotopic (exact) mass is 277 g/mol. The largest absolute Gasteiger partial charge is 0.382 e. The quantitative estimate of drug-likeness (QED) is 0.885. The number of aryl methyl sites for hydroxylation is 1. The first kappa shape index (κ1) is 13.4. The zero-order valence-corrected chi connectivity index (χ0v) is 11.9. The van der Waals surface area contributed by atoms with Crippen LogP contribution in [0, 0.1) is 6.92 Å². The molecular formula is C13H19N5O2. The van der Waals surface area contributed by atoms with Gasteiger partial charge in [-0.1, -0.05) is 0 Å². The molecule has 2 aromatic rings. The SMILES string of the molecule is CN[C@H]1C[C@H](n2cnc3c(C)ncnc32)O[C@@H]1COC. The summed E-state index contributed by atoms with van der Waals surface area (Å²) in [7, 11) is 3.63. The minimum atomic E-state index is -0.0769. The van der Waals surface area contributed by atoms with Crippen molar-refractivity contribution in [3.8, 4) is 0 Å². The molecule has 1 saturated heterocycles. The highest BCUT2D eigenvalue weighted by molar-refractivity contribution is 5.72. The highest BCUT2D eigenvalue weighted by Crippen LogP contribution is 2.30. The predicted octanol–water partition coefficient (Wildman–Crippen LogP) is 0.657. The lowest BCUT2D eigenvalue weighted by Crippen LogP contribution is -2.36. The molecule has 7 heteroatoms.